The molecule has 0 radical (unpaired) electrons. The van der Waals surface area contributed by atoms with Crippen molar-refractivity contribution in [1.82, 2.24) is 10.3 Å². The minimum Gasteiger partial charge on any atom is -0.497 e. The van der Waals surface area contributed by atoms with Crippen LogP contribution in [0.2, 0.25) is 0 Å². The van der Waals surface area contributed by atoms with Crippen LogP contribution in [-0.4, -0.2) is 62.6 Å². The molecule has 0 saturated heterocycles. The highest BCUT2D eigenvalue weighted by Gasteiger charge is 2.32. The molecule has 4 N–H and O–H groups in total. The number of rotatable bonds is 14. The van der Waals surface area contributed by atoms with Crippen molar-refractivity contribution in [3.63, 3.8) is 0 Å². The lowest BCUT2D eigenvalue weighted by Gasteiger charge is -2.21. The Hall–Kier alpha value is -2.63. The van der Waals surface area contributed by atoms with E-state index in [4.69, 9.17) is 15.5 Å². The van der Waals surface area contributed by atoms with Crippen LogP contribution in [0.1, 0.15) is 51.4 Å². The standard InChI is InChI=1S/C22H39N5O2S.C7H6F2O/c1-14(2)12-29-13-19(23)11-25-22(28)17-8-20(24-10-18-7-16(18)5)26-21(9-17)27(6)30-15(3)4;1-10-7-3-5(8)2-6(9)4-7/h8-9,14-16,18-19H,7,10-13,23H2,1-6H3,(H,24,26)(H,25,28);2-4H,1H3/t16-,18+,19?;/m0./s1. The molecular formula is C29H45F2N5O3S. The van der Waals surface area contributed by atoms with Gasteiger partial charge in [0.1, 0.15) is 29.0 Å². The van der Waals surface area contributed by atoms with Crippen LogP contribution in [0, 0.1) is 29.4 Å². The number of methoxy groups -OCH3 is 1. The topological polar surface area (TPSA) is 102 Å². The first kappa shape index (κ1) is 33.6. The number of ether oxygens (including phenoxy) is 2. The second kappa shape index (κ2) is 16.6. The van der Waals surface area contributed by atoms with Crippen molar-refractivity contribution in [2.75, 3.05) is 50.1 Å². The molecule has 1 unspecified atom stereocenters. The fourth-order valence-electron chi connectivity index (χ4n) is 3.67. The van der Waals surface area contributed by atoms with Crippen LogP contribution >= 0.6 is 11.9 Å². The van der Waals surface area contributed by atoms with Crippen LogP contribution in [0.15, 0.2) is 30.3 Å². The number of amides is 1. The number of aromatic nitrogens is 1. The maximum Gasteiger partial charge on any atom is 0.251 e. The Balaban J connectivity index is 0.000000469. The average Bonchev–Trinajstić information content (AvgIpc) is 3.59. The fourth-order valence-corrected chi connectivity index (χ4v) is 4.51. The molecule has 3 atom stereocenters. The Labute approximate surface area is 241 Å². The summed E-state index contributed by atoms with van der Waals surface area (Å²) in [6.45, 7) is 13.1. The number of pyridine rings is 1. The fraction of sp³-hybridized carbons (Fsp3) is 0.586. The summed E-state index contributed by atoms with van der Waals surface area (Å²) in [5.74, 6) is 2.21. The molecule has 0 bridgehead atoms. The minimum atomic E-state index is -0.628. The molecule has 0 spiro atoms. The van der Waals surface area contributed by atoms with Crippen molar-refractivity contribution in [1.29, 1.82) is 0 Å². The lowest BCUT2D eigenvalue weighted by atomic mass is 10.2. The zero-order valence-corrected chi connectivity index (χ0v) is 25.5. The first-order valence-corrected chi connectivity index (χ1v) is 14.5. The second-order valence-electron chi connectivity index (χ2n) is 10.8. The molecule has 3 rings (SSSR count). The van der Waals surface area contributed by atoms with Crippen molar-refractivity contribution in [2.45, 2.75) is 52.3 Å². The molecule has 224 valence electrons. The van der Waals surface area contributed by atoms with Crippen LogP contribution in [0.3, 0.4) is 0 Å². The maximum absolute atomic E-state index is 12.8. The van der Waals surface area contributed by atoms with Gasteiger partial charge in [-0.15, -0.1) is 0 Å². The Kier molecular flexibility index (Phi) is 13.9. The van der Waals surface area contributed by atoms with Crippen molar-refractivity contribution in [3.05, 3.63) is 47.5 Å². The largest absolute Gasteiger partial charge is 0.497 e. The highest BCUT2D eigenvalue weighted by atomic mass is 32.2. The Morgan fingerprint density at radius 1 is 1.15 bits per heavy atom. The molecule has 2 aromatic rings. The SMILES string of the molecule is CC(C)COCC(N)CNC(=O)c1cc(NC[C@H]2C[C@@H]2C)nc(N(C)SC(C)C)c1.COc1cc(F)cc(F)c1. The van der Waals surface area contributed by atoms with Gasteiger partial charge in [-0.3, -0.25) is 4.79 Å². The molecule has 0 aliphatic heterocycles. The monoisotopic (exact) mass is 581 g/mol. The molecule has 1 amide bonds. The maximum atomic E-state index is 12.8. The van der Waals surface area contributed by atoms with Gasteiger partial charge in [0.2, 0.25) is 0 Å². The number of anilines is 2. The summed E-state index contributed by atoms with van der Waals surface area (Å²) in [6, 6.07) is 6.44. The predicted octanol–water partition coefficient (Wildman–Crippen LogP) is 5.35. The first-order chi connectivity index (χ1) is 18.9. The van der Waals surface area contributed by atoms with Gasteiger partial charge >= 0.3 is 0 Å². The number of carbonyl (C=O) groups excluding carboxylic acids is 1. The summed E-state index contributed by atoms with van der Waals surface area (Å²) in [6.07, 6.45) is 1.25. The summed E-state index contributed by atoms with van der Waals surface area (Å²) < 4.78 is 36.8. The zero-order valence-electron chi connectivity index (χ0n) is 24.7. The van der Waals surface area contributed by atoms with Gasteiger partial charge in [0.25, 0.3) is 5.91 Å². The number of carbonyl (C=O) groups is 1. The average molecular weight is 582 g/mol. The lowest BCUT2D eigenvalue weighted by Crippen LogP contribution is -2.40. The zero-order chi connectivity index (χ0) is 29.8. The van der Waals surface area contributed by atoms with E-state index >= 15 is 0 Å². The smallest absolute Gasteiger partial charge is 0.251 e. The first-order valence-electron chi connectivity index (χ1n) is 13.7. The van der Waals surface area contributed by atoms with E-state index in [9.17, 15) is 13.6 Å². The Bertz CT molecular complexity index is 1060. The normalized spacial score (nSPS) is 16.7. The number of nitrogens with one attached hydrogen (secondary N) is 2. The van der Waals surface area contributed by atoms with E-state index in [1.807, 2.05) is 23.5 Å². The van der Waals surface area contributed by atoms with Crippen molar-refractivity contribution in [2.24, 2.45) is 23.5 Å². The summed E-state index contributed by atoms with van der Waals surface area (Å²) in [4.78, 5) is 17.5. The molecule has 8 nitrogen and oxygen atoms in total. The quantitative estimate of drug-likeness (QED) is 0.257. The van der Waals surface area contributed by atoms with E-state index in [0.717, 1.165) is 42.3 Å². The molecule has 1 saturated carbocycles. The van der Waals surface area contributed by atoms with Crippen molar-refractivity contribution < 1.29 is 23.0 Å². The van der Waals surface area contributed by atoms with E-state index in [2.05, 4.69) is 50.0 Å². The predicted molar refractivity (Wildman–Crippen MR) is 160 cm³/mol. The van der Waals surface area contributed by atoms with Gasteiger partial charge in [0, 0.05) is 61.8 Å². The third kappa shape index (κ3) is 12.7. The third-order valence-electron chi connectivity index (χ3n) is 5.97. The molecule has 1 fully saturated rings. The molecule has 40 heavy (non-hydrogen) atoms. The van der Waals surface area contributed by atoms with E-state index in [0.29, 0.717) is 42.4 Å². The van der Waals surface area contributed by atoms with Gasteiger partial charge < -0.3 is 30.1 Å². The number of benzene rings is 1. The van der Waals surface area contributed by atoms with E-state index in [1.54, 1.807) is 11.9 Å². The molecule has 11 heteroatoms. The number of hydrogen-bond donors (Lipinski definition) is 3. The molecular weight excluding hydrogens is 536 g/mol. The molecule has 1 aliphatic rings. The Morgan fingerprint density at radius 3 is 2.35 bits per heavy atom. The van der Waals surface area contributed by atoms with Crippen LogP contribution in [0.4, 0.5) is 20.4 Å². The van der Waals surface area contributed by atoms with E-state index in [-0.39, 0.29) is 17.7 Å². The van der Waals surface area contributed by atoms with Gasteiger partial charge in [0.15, 0.2) is 0 Å². The summed E-state index contributed by atoms with van der Waals surface area (Å²) in [5.41, 5.74) is 6.66. The molecule has 1 aromatic heterocycles. The minimum absolute atomic E-state index is 0.149. The highest BCUT2D eigenvalue weighted by molar-refractivity contribution is 8.01. The van der Waals surface area contributed by atoms with Gasteiger partial charge in [-0.25, -0.2) is 13.8 Å². The molecule has 1 heterocycles. The summed E-state index contributed by atoms with van der Waals surface area (Å²) >= 11 is 1.68. The number of nitrogens with two attached hydrogens (primary N) is 1. The summed E-state index contributed by atoms with van der Waals surface area (Å²) in [5, 5.41) is 6.76. The third-order valence-corrected chi connectivity index (χ3v) is 6.89. The van der Waals surface area contributed by atoms with E-state index < -0.39 is 11.6 Å². The van der Waals surface area contributed by atoms with Crippen LogP contribution in [-0.2, 0) is 4.74 Å². The number of halogens is 2. The number of nitrogens with zero attached hydrogens (tertiary/aromatic N) is 2. The molecule has 1 aliphatic carbocycles. The summed E-state index contributed by atoms with van der Waals surface area (Å²) in [7, 11) is 3.33. The van der Waals surface area contributed by atoms with Crippen LogP contribution in [0.5, 0.6) is 5.75 Å². The molecule has 1 aromatic carbocycles. The van der Waals surface area contributed by atoms with Gasteiger partial charge in [0.05, 0.1) is 13.7 Å². The van der Waals surface area contributed by atoms with Gasteiger partial charge in [-0.2, -0.15) is 0 Å². The van der Waals surface area contributed by atoms with Crippen LogP contribution in [0.25, 0.3) is 0 Å². The van der Waals surface area contributed by atoms with Gasteiger partial charge in [-0.05, 0) is 48.3 Å². The Morgan fingerprint density at radius 2 is 1.80 bits per heavy atom. The van der Waals surface area contributed by atoms with Crippen LogP contribution < -0.4 is 25.4 Å². The van der Waals surface area contributed by atoms with Crippen molar-refractivity contribution in [3.8, 4) is 5.75 Å². The second-order valence-corrected chi connectivity index (χ2v) is 12.5. The number of hydrogen-bond acceptors (Lipinski definition) is 8. The highest BCUT2D eigenvalue weighted by Crippen LogP contribution is 2.37. The van der Waals surface area contributed by atoms with E-state index in [1.165, 1.54) is 13.5 Å². The lowest BCUT2D eigenvalue weighted by molar-refractivity contribution is 0.0890. The van der Waals surface area contributed by atoms with Gasteiger partial charge in [-0.1, -0.05) is 34.6 Å². The van der Waals surface area contributed by atoms with Crippen molar-refractivity contribution >= 4 is 29.5 Å².